The summed E-state index contributed by atoms with van der Waals surface area (Å²) in [5.74, 6) is 0.676. The van der Waals surface area contributed by atoms with E-state index in [0.717, 1.165) is 28.3 Å². The molecule has 0 atom stereocenters. The number of ether oxygens (including phenoxy) is 1. The van der Waals surface area contributed by atoms with Crippen LogP contribution in [-0.4, -0.2) is 24.9 Å². The fourth-order valence-corrected chi connectivity index (χ4v) is 2.72. The quantitative estimate of drug-likeness (QED) is 0.536. The number of aldehydes is 1. The van der Waals surface area contributed by atoms with Gasteiger partial charge in [0, 0.05) is 23.1 Å². The largest absolute Gasteiger partial charge is 0.495 e. The van der Waals surface area contributed by atoms with Gasteiger partial charge in [-0.3, -0.25) is 4.79 Å². The second-order valence-corrected chi connectivity index (χ2v) is 5.71. The second kappa shape index (κ2) is 7.49. The van der Waals surface area contributed by atoms with Crippen molar-refractivity contribution in [2.75, 3.05) is 19.0 Å². The maximum atomic E-state index is 11.0. The van der Waals surface area contributed by atoms with E-state index in [9.17, 15) is 4.79 Å². The molecule has 1 aromatic heterocycles. The predicted octanol–water partition coefficient (Wildman–Crippen LogP) is 4.21. The van der Waals surface area contributed by atoms with E-state index >= 15 is 0 Å². The fourth-order valence-electron chi connectivity index (χ4n) is 2.72. The van der Waals surface area contributed by atoms with Crippen molar-refractivity contribution in [3.8, 4) is 23.1 Å². The summed E-state index contributed by atoms with van der Waals surface area (Å²) in [6, 6.07) is 17.2. The molecule has 1 heterocycles. The first-order chi connectivity index (χ1) is 12.7. The normalized spacial score (nSPS) is 10.2. The van der Waals surface area contributed by atoms with Crippen LogP contribution in [0.25, 0.3) is 22.0 Å². The number of nitriles is 1. The zero-order valence-corrected chi connectivity index (χ0v) is 14.3. The molecule has 0 saturated carbocycles. The molecule has 0 spiro atoms. The minimum atomic E-state index is 0.328. The average molecular weight is 343 g/mol. The fraction of sp³-hybridized carbons (Fsp3) is 0.0952. The summed E-state index contributed by atoms with van der Waals surface area (Å²) in [7, 11) is 1.60. The molecule has 0 aliphatic heterocycles. The van der Waals surface area contributed by atoms with Crippen molar-refractivity contribution < 1.29 is 9.53 Å². The molecule has 0 aliphatic carbocycles. The number of aromatic nitrogens is 1. The summed E-state index contributed by atoms with van der Waals surface area (Å²) >= 11 is 0. The lowest BCUT2D eigenvalue weighted by atomic mass is 10.0. The molecule has 5 heteroatoms. The minimum Gasteiger partial charge on any atom is -0.495 e. The molecule has 128 valence electrons. The maximum absolute atomic E-state index is 11.0. The monoisotopic (exact) mass is 343 g/mol. The number of fused-ring (bicyclic) bond motifs is 1. The van der Waals surface area contributed by atoms with Crippen molar-refractivity contribution in [1.82, 2.24) is 4.98 Å². The highest BCUT2D eigenvalue weighted by Crippen LogP contribution is 2.35. The number of rotatable bonds is 6. The van der Waals surface area contributed by atoms with Crippen LogP contribution in [-0.2, 0) is 0 Å². The molecule has 0 unspecified atom stereocenters. The molecule has 3 aromatic rings. The van der Waals surface area contributed by atoms with Crippen LogP contribution >= 0.6 is 0 Å². The van der Waals surface area contributed by atoms with Crippen molar-refractivity contribution in [2.45, 2.75) is 0 Å². The number of anilines is 1. The van der Waals surface area contributed by atoms with Crippen LogP contribution in [0.2, 0.25) is 0 Å². The molecule has 0 amide bonds. The Morgan fingerprint density at radius 2 is 2.12 bits per heavy atom. The third-order valence-corrected chi connectivity index (χ3v) is 4.03. The van der Waals surface area contributed by atoms with E-state index in [2.05, 4.69) is 16.9 Å². The third kappa shape index (κ3) is 3.40. The number of hydrogen-bond donors (Lipinski definition) is 1. The standard InChI is InChI=1S/C21H17N3O2/c1-14(11-22)12-23-21-18-10-16(19-5-3-4-17(13-25)24-19)7-6-15(18)8-9-20(21)26-2/h3-10,13,23H,1,12H2,2H3. The summed E-state index contributed by atoms with van der Waals surface area (Å²) in [5.41, 5.74) is 3.20. The van der Waals surface area contributed by atoms with Crippen molar-refractivity contribution in [3.63, 3.8) is 0 Å². The molecule has 3 rings (SSSR count). The summed E-state index contributed by atoms with van der Waals surface area (Å²) in [5, 5.41) is 14.1. The second-order valence-electron chi connectivity index (χ2n) is 5.71. The lowest BCUT2D eigenvalue weighted by Gasteiger charge is -2.15. The average Bonchev–Trinajstić information content (AvgIpc) is 2.71. The van der Waals surface area contributed by atoms with Gasteiger partial charge in [0.05, 0.1) is 24.6 Å². The number of methoxy groups -OCH3 is 1. The zero-order valence-electron chi connectivity index (χ0n) is 14.3. The molecule has 2 aromatic carbocycles. The third-order valence-electron chi connectivity index (χ3n) is 4.03. The Balaban J connectivity index is 2.13. The van der Waals surface area contributed by atoms with Gasteiger partial charge in [0.25, 0.3) is 0 Å². The van der Waals surface area contributed by atoms with Gasteiger partial charge in [-0.05, 0) is 29.7 Å². The molecular formula is C21H17N3O2. The van der Waals surface area contributed by atoms with Gasteiger partial charge in [-0.15, -0.1) is 0 Å². The molecule has 0 radical (unpaired) electrons. The molecule has 5 nitrogen and oxygen atoms in total. The Bertz CT molecular complexity index is 1040. The number of pyridine rings is 1. The molecule has 0 fully saturated rings. The van der Waals surface area contributed by atoms with E-state index in [0.29, 0.717) is 29.3 Å². The topological polar surface area (TPSA) is 75.0 Å². The highest BCUT2D eigenvalue weighted by atomic mass is 16.5. The van der Waals surface area contributed by atoms with E-state index in [4.69, 9.17) is 10.00 Å². The number of carbonyl (C=O) groups is 1. The van der Waals surface area contributed by atoms with Crippen LogP contribution in [0.1, 0.15) is 10.5 Å². The summed E-state index contributed by atoms with van der Waals surface area (Å²) < 4.78 is 5.46. The number of nitrogens with zero attached hydrogens (tertiary/aromatic N) is 2. The Kier molecular flexibility index (Phi) is 4.95. The zero-order chi connectivity index (χ0) is 18.5. The first-order valence-electron chi connectivity index (χ1n) is 8.01. The van der Waals surface area contributed by atoms with Crippen LogP contribution in [0.4, 0.5) is 5.69 Å². The summed E-state index contributed by atoms with van der Waals surface area (Å²) in [6.07, 6.45) is 0.730. The van der Waals surface area contributed by atoms with Crippen LogP contribution < -0.4 is 10.1 Å². The Hall–Kier alpha value is -3.65. The van der Waals surface area contributed by atoms with Crippen LogP contribution in [0.5, 0.6) is 5.75 Å². The summed E-state index contributed by atoms with van der Waals surface area (Å²) in [6.45, 7) is 4.03. The Morgan fingerprint density at radius 3 is 2.85 bits per heavy atom. The van der Waals surface area contributed by atoms with Gasteiger partial charge in [0.2, 0.25) is 0 Å². The van der Waals surface area contributed by atoms with Gasteiger partial charge in [-0.25, -0.2) is 4.98 Å². The number of benzene rings is 2. The Morgan fingerprint density at radius 1 is 1.31 bits per heavy atom. The predicted molar refractivity (Wildman–Crippen MR) is 102 cm³/mol. The number of nitrogens with one attached hydrogen (secondary N) is 1. The molecule has 0 saturated heterocycles. The molecule has 0 aliphatic rings. The minimum absolute atomic E-state index is 0.328. The van der Waals surface area contributed by atoms with E-state index in [1.807, 2.05) is 42.5 Å². The number of carbonyl (C=O) groups excluding carboxylic acids is 1. The van der Waals surface area contributed by atoms with Gasteiger partial charge in [-0.2, -0.15) is 5.26 Å². The SMILES string of the molecule is C=C(C#N)CNc1c(OC)ccc2ccc(-c3cccc(C=O)n3)cc12. The number of hydrogen-bond acceptors (Lipinski definition) is 5. The first kappa shape index (κ1) is 17.2. The van der Waals surface area contributed by atoms with Gasteiger partial charge in [-0.1, -0.05) is 30.8 Å². The van der Waals surface area contributed by atoms with E-state index < -0.39 is 0 Å². The highest BCUT2D eigenvalue weighted by Gasteiger charge is 2.11. The van der Waals surface area contributed by atoms with E-state index in [1.54, 1.807) is 19.2 Å². The van der Waals surface area contributed by atoms with Crippen LogP contribution in [0.15, 0.2) is 60.7 Å². The smallest absolute Gasteiger partial charge is 0.168 e. The van der Waals surface area contributed by atoms with Crippen molar-refractivity contribution in [2.24, 2.45) is 0 Å². The van der Waals surface area contributed by atoms with Crippen molar-refractivity contribution >= 4 is 22.7 Å². The first-order valence-corrected chi connectivity index (χ1v) is 8.01. The molecule has 26 heavy (non-hydrogen) atoms. The van der Waals surface area contributed by atoms with Crippen molar-refractivity contribution in [3.05, 3.63) is 66.4 Å². The maximum Gasteiger partial charge on any atom is 0.168 e. The van der Waals surface area contributed by atoms with Gasteiger partial charge in [0.1, 0.15) is 11.4 Å². The van der Waals surface area contributed by atoms with Gasteiger partial charge >= 0.3 is 0 Å². The van der Waals surface area contributed by atoms with Gasteiger partial charge in [0.15, 0.2) is 6.29 Å². The molecule has 0 bridgehead atoms. The van der Waals surface area contributed by atoms with Crippen LogP contribution in [0, 0.1) is 11.3 Å². The molecule has 1 N–H and O–H groups in total. The Labute approximate surface area is 151 Å². The van der Waals surface area contributed by atoms with Gasteiger partial charge < -0.3 is 10.1 Å². The lowest BCUT2D eigenvalue weighted by Crippen LogP contribution is -2.05. The lowest BCUT2D eigenvalue weighted by molar-refractivity contribution is 0.111. The van der Waals surface area contributed by atoms with E-state index in [1.165, 1.54) is 0 Å². The van der Waals surface area contributed by atoms with Crippen molar-refractivity contribution in [1.29, 1.82) is 5.26 Å². The van der Waals surface area contributed by atoms with E-state index in [-0.39, 0.29) is 0 Å². The highest BCUT2D eigenvalue weighted by molar-refractivity contribution is 5.99. The molecular weight excluding hydrogens is 326 g/mol. The van der Waals surface area contributed by atoms with Crippen LogP contribution in [0.3, 0.4) is 0 Å². The summed E-state index contributed by atoms with van der Waals surface area (Å²) in [4.78, 5) is 15.3.